The number of benzene rings is 3. The van der Waals surface area contributed by atoms with Crippen LogP contribution in [0.15, 0.2) is 48.5 Å². The molecule has 140 valence electrons. The summed E-state index contributed by atoms with van der Waals surface area (Å²) < 4.78 is 18.7. The average Bonchev–Trinajstić information content (AvgIpc) is 2.67. The zero-order valence-corrected chi connectivity index (χ0v) is 14.9. The third kappa shape index (κ3) is 3.64. The topological polar surface area (TPSA) is 90.6 Å². The van der Waals surface area contributed by atoms with Crippen LogP contribution in [-0.4, -0.2) is 22.8 Å². The van der Waals surface area contributed by atoms with E-state index in [9.17, 15) is 24.7 Å². The van der Waals surface area contributed by atoms with E-state index in [-0.39, 0.29) is 17.9 Å². The van der Waals surface area contributed by atoms with Gasteiger partial charge >= 0.3 is 5.97 Å². The van der Waals surface area contributed by atoms with Gasteiger partial charge in [-0.25, -0.2) is 9.18 Å². The highest BCUT2D eigenvalue weighted by Gasteiger charge is 2.15. The lowest BCUT2D eigenvalue weighted by Gasteiger charge is -2.12. The fourth-order valence-corrected chi connectivity index (χ4v) is 2.95. The highest BCUT2D eigenvalue weighted by atomic mass is 19.1. The van der Waals surface area contributed by atoms with Crippen LogP contribution in [0.5, 0.6) is 11.5 Å². The van der Waals surface area contributed by atoms with Crippen molar-refractivity contribution in [1.82, 2.24) is 0 Å². The number of esters is 1. The van der Waals surface area contributed by atoms with Gasteiger partial charge in [0.25, 0.3) is 0 Å². The summed E-state index contributed by atoms with van der Waals surface area (Å²) >= 11 is 0. The molecule has 3 aromatic rings. The summed E-state index contributed by atoms with van der Waals surface area (Å²) in [5.74, 6) is -1.86. The fraction of sp³-hybridized carbons (Fsp3) is 0.0909. The molecule has 3 rings (SSSR count). The summed E-state index contributed by atoms with van der Waals surface area (Å²) in [6.07, 6.45) is 2.64. The largest absolute Gasteiger partial charge is 0.508 e. The number of halogens is 1. The number of phenolic OH excluding ortho intramolecular Hbond substituents is 2. The first-order chi connectivity index (χ1) is 13.4. The number of carbonyl (C=O) groups excluding carboxylic acids is 1. The minimum Gasteiger partial charge on any atom is -0.508 e. The summed E-state index contributed by atoms with van der Waals surface area (Å²) in [7, 11) is 0. The lowest BCUT2D eigenvalue weighted by Crippen LogP contribution is -1.99. The van der Waals surface area contributed by atoms with Crippen LogP contribution in [0.25, 0.3) is 28.0 Å². The van der Waals surface area contributed by atoms with Crippen molar-refractivity contribution in [2.45, 2.75) is 6.92 Å². The number of phenols is 2. The molecule has 0 aliphatic rings. The summed E-state index contributed by atoms with van der Waals surface area (Å²) in [6.45, 7) is 1.89. The Labute approximate surface area is 160 Å². The molecular formula is C22H16FNO4. The predicted octanol–water partition coefficient (Wildman–Crippen LogP) is 4.51. The van der Waals surface area contributed by atoms with Gasteiger partial charge in [0, 0.05) is 17.2 Å². The molecule has 0 saturated carbocycles. The van der Waals surface area contributed by atoms with Gasteiger partial charge in [0.15, 0.2) is 11.6 Å². The molecule has 0 saturated heterocycles. The van der Waals surface area contributed by atoms with Gasteiger partial charge < -0.3 is 14.9 Å². The third-order valence-electron chi connectivity index (χ3n) is 4.21. The number of carbonyl (C=O) groups is 1. The van der Waals surface area contributed by atoms with E-state index in [1.807, 2.05) is 0 Å². The molecule has 0 radical (unpaired) electrons. The van der Waals surface area contributed by atoms with Gasteiger partial charge in [0.1, 0.15) is 11.8 Å². The van der Waals surface area contributed by atoms with E-state index in [1.54, 1.807) is 19.1 Å². The van der Waals surface area contributed by atoms with Gasteiger partial charge in [-0.1, -0.05) is 12.1 Å². The lowest BCUT2D eigenvalue weighted by atomic mass is 9.90. The van der Waals surface area contributed by atoms with E-state index in [0.29, 0.717) is 27.5 Å². The summed E-state index contributed by atoms with van der Waals surface area (Å²) in [6, 6.07) is 12.3. The van der Waals surface area contributed by atoms with E-state index in [4.69, 9.17) is 4.74 Å². The standard InChI is InChI=1S/C22H16FNO4/c1-2-28-22(27)8-6-16-18-11-15(25)5-3-13(18)9-17(19(16)12-24)14-4-7-21(26)20(23)10-14/h3-11,25-26H,2H2,1H3. The van der Waals surface area contributed by atoms with Crippen molar-refractivity contribution >= 4 is 22.8 Å². The predicted molar refractivity (Wildman–Crippen MR) is 103 cm³/mol. The van der Waals surface area contributed by atoms with Crippen LogP contribution in [0, 0.1) is 17.1 Å². The molecule has 0 unspecified atom stereocenters. The minimum absolute atomic E-state index is 0.00519. The van der Waals surface area contributed by atoms with Crippen LogP contribution in [0.2, 0.25) is 0 Å². The molecule has 0 amide bonds. The molecule has 3 aromatic carbocycles. The van der Waals surface area contributed by atoms with E-state index in [1.165, 1.54) is 36.4 Å². The zero-order valence-electron chi connectivity index (χ0n) is 14.9. The number of fused-ring (bicyclic) bond motifs is 1. The maximum Gasteiger partial charge on any atom is 0.330 e. The summed E-state index contributed by atoms with van der Waals surface area (Å²) in [4.78, 5) is 11.7. The molecule has 0 spiro atoms. The Morgan fingerprint density at radius 3 is 2.68 bits per heavy atom. The second kappa shape index (κ2) is 7.80. The Bertz CT molecular complexity index is 1150. The molecule has 2 N–H and O–H groups in total. The molecule has 0 atom stereocenters. The van der Waals surface area contributed by atoms with Gasteiger partial charge in [-0.3, -0.25) is 0 Å². The van der Waals surface area contributed by atoms with Gasteiger partial charge in [-0.2, -0.15) is 5.26 Å². The van der Waals surface area contributed by atoms with E-state index >= 15 is 0 Å². The van der Waals surface area contributed by atoms with Crippen LogP contribution in [0.1, 0.15) is 18.1 Å². The number of hydrogen-bond acceptors (Lipinski definition) is 5. The number of hydrogen-bond donors (Lipinski definition) is 2. The van der Waals surface area contributed by atoms with E-state index in [0.717, 1.165) is 6.07 Å². The van der Waals surface area contributed by atoms with Crippen molar-refractivity contribution < 1.29 is 24.1 Å². The van der Waals surface area contributed by atoms with Crippen molar-refractivity contribution in [1.29, 1.82) is 5.26 Å². The van der Waals surface area contributed by atoms with Crippen LogP contribution >= 0.6 is 0 Å². The van der Waals surface area contributed by atoms with Crippen molar-refractivity contribution in [2.24, 2.45) is 0 Å². The van der Waals surface area contributed by atoms with E-state index < -0.39 is 17.5 Å². The Morgan fingerprint density at radius 1 is 1.21 bits per heavy atom. The Kier molecular flexibility index (Phi) is 5.28. The highest BCUT2D eigenvalue weighted by molar-refractivity contribution is 6.01. The molecule has 0 aromatic heterocycles. The van der Waals surface area contributed by atoms with E-state index in [2.05, 4.69) is 6.07 Å². The van der Waals surface area contributed by atoms with Crippen molar-refractivity contribution in [3.8, 4) is 28.7 Å². The molecule has 0 fully saturated rings. The quantitative estimate of drug-likeness (QED) is 0.516. The molecule has 28 heavy (non-hydrogen) atoms. The molecule has 5 nitrogen and oxygen atoms in total. The third-order valence-corrected chi connectivity index (χ3v) is 4.21. The van der Waals surface area contributed by atoms with Crippen LogP contribution in [-0.2, 0) is 9.53 Å². The molecule has 6 heteroatoms. The van der Waals surface area contributed by atoms with Crippen molar-refractivity contribution in [3.63, 3.8) is 0 Å². The van der Waals surface area contributed by atoms with Gasteiger partial charge in [-0.05, 0) is 59.7 Å². The molecule has 0 aliphatic carbocycles. The Morgan fingerprint density at radius 2 is 2.00 bits per heavy atom. The number of rotatable bonds is 4. The second-order valence-electron chi connectivity index (χ2n) is 5.98. The first kappa shape index (κ1) is 18.9. The summed E-state index contributed by atoms with van der Waals surface area (Å²) in [5, 5.41) is 30.3. The Balaban J connectivity index is 2.31. The van der Waals surface area contributed by atoms with Gasteiger partial charge in [-0.15, -0.1) is 0 Å². The zero-order chi connectivity index (χ0) is 20.3. The molecule has 0 bridgehead atoms. The number of nitriles is 1. The monoisotopic (exact) mass is 377 g/mol. The number of aromatic hydroxyl groups is 2. The maximum atomic E-state index is 13.9. The number of ether oxygens (including phenoxy) is 1. The first-order valence-electron chi connectivity index (χ1n) is 8.48. The van der Waals surface area contributed by atoms with Crippen molar-refractivity contribution in [2.75, 3.05) is 6.61 Å². The molecular weight excluding hydrogens is 361 g/mol. The maximum absolute atomic E-state index is 13.9. The van der Waals surface area contributed by atoms with Gasteiger partial charge in [0.05, 0.1) is 12.2 Å². The smallest absolute Gasteiger partial charge is 0.330 e. The fourth-order valence-electron chi connectivity index (χ4n) is 2.95. The number of nitrogens with zero attached hydrogens (tertiary/aromatic N) is 1. The van der Waals surface area contributed by atoms with Crippen molar-refractivity contribution in [3.05, 3.63) is 65.5 Å². The van der Waals surface area contributed by atoms with Gasteiger partial charge in [0.2, 0.25) is 0 Å². The second-order valence-corrected chi connectivity index (χ2v) is 5.98. The lowest BCUT2D eigenvalue weighted by molar-refractivity contribution is -0.137. The average molecular weight is 377 g/mol. The first-order valence-corrected chi connectivity index (χ1v) is 8.48. The SMILES string of the molecule is CCOC(=O)C=Cc1c(C#N)c(-c2ccc(O)c(F)c2)cc2ccc(O)cc12. The minimum atomic E-state index is -0.809. The molecule has 0 heterocycles. The van der Waals surface area contributed by atoms with Crippen LogP contribution in [0.4, 0.5) is 4.39 Å². The van der Waals surface area contributed by atoms with Crippen LogP contribution < -0.4 is 0 Å². The van der Waals surface area contributed by atoms with Crippen LogP contribution in [0.3, 0.4) is 0 Å². The Hall–Kier alpha value is -3.85. The highest BCUT2D eigenvalue weighted by Crippen LogP contribution is 2.36. The molecule has 0 aliphatic heterocycles. The summed E-state index contributed by atoms with van der Waals surface area (Å²) in [5.41, 5.74) is 1.42. The normalized spacial score (nSPS) is 10.9.